The molecule has 0 radical (unpaired) electrons. The molecule has 1 saturated carbocycles. The lowest BCUT2D eigenvalue weighted by atomic mass is 10.00. The van der Waals surface area contributed by atoms with Crippen molar-refractivity contribution in [2.75, 3.05) is 0 Å². The van der Waals surface area contributed by atoms with Crippen LogP contribution < -0.4 is 5.73 Å². The first kappa shape index (κ1) is 9.52. The molecule has 3 N–H and O–H groups in total. The summed E-state index contributed by atoms with van der Waals surface area (Å²) in [7, 11) is 0. The lowest BCUT2D eigenvalue weighted by Gasteiger charge is -2.09. The SMILES string of the molecule is CC1(CCC[C@@H](N)C(=O)O)CC1. The van der Waals surface area contributed by atoms with E-state index < -0.39 is 12.0 Å². The van der Waals surface area contributed by atoms with Gasteiger partial charge >= 0.3 is 5.97 Å². The molecule has 3 heteroatoms. The van der Waals surface area contributed by atoms with E-state index in [9.17, 15) is 4.79 Å². The molecule has 0 amide bonds. The molecular formula is C9H17NO2. The van der Waals surface area contributed by atoms with Crippen LogP contribution in [-0.4, -0.2) is 17.1 Å². The van der Waals surface area contributed by atoms with Crippen LogP contribution in [0.2, 0.25) is 0 Å². The molecule has 12 heavy (non-hydrogen) atoms. The van der Waals surface area contributed by atoms with Crippen LogP contribution in [0.1, 0.15) is 39.0 Å². The molecule has 1 fully saturated rings. The van der Waals surface area contributed by atoms with E-state index >= 15 is 0 Å². The third-order valence-electron chi connectivity index (χ3n) is 2.72. The van der Waals surface area contributed by atoms with Crippen molar-refractivity contribution in [3.05, 3.63) is 0 Å². The van der Waals surface area contributed by atoms with Crippen molar-refractivity contribution < 1.29 is 9.90 Å². The summed E-state index contributed by atoms with van der Waals surface area (Å²) in [5.74, 6) is -0.879. The van der Waals surface area contributed by atoms with Crippen molar-refractivity contribution in [2.24, 2.45) is 11.1 Å². The van der Waals surface area contributed by atoms with Crippen LogP contribution in [0.5, 0.6) is 0 Å². The van der Waals surface area contributed by atoms with Crippen LogP contribution in [0.4, 0.5) is 0 Å². The maximum absolute atomic E-state index is 10.3. The number of carbonyl (C=O) groups is 1. The van der Waals surface area contributed by atoms with Gasteiger partial charge in [-0.2, -0.15) is 0 Å². The fourth-order valence-electron chi connectivity index (χ4n) is 1.34. The predicted molar refractivity (Wildman–Crippen MR) is 46.8 cm³/mol. The number of carboxylic acid groups (broad SMARTS) is 1. The highest BCUT2D eigenvalue weighted by atomic mass is 16.4. The molecule has 0 spiro atoms. The molecule has 0 aliphatic heterocycles. The topological polar surface area (TPSA) is 63.3 Å². The Balaban J connectivity index is 2.05. The van der Waals surface area contributed by atoms with Crippen molar-refractivity contribution in [3.8, 4) is 0 Å². The number of rotatable bonds is 5. The minimum Gasteiger partial charge on any atom is -0.480 e. The van der Waals surface area contributed by atoms with Gasteiger partial charge in [-0.25, -0.2) is 0 Å². The molecule has 0 saturated heterocycles. The standard InChI is InChI=1S/C9H17NO2/c1-9(5-6-9)4-2-3-7(10)8(11)12/h7H,2-6,10H2,1H3,(H,11,12)/t7-/m1/s1. The van der Waals surface area contributed by atoms with Gasteiger partial charge in [-0.1, -0.05) is 13.3 Å². The number of hydrogen-bond donors (Lipinski definition) is 2. The Hall–Kier alpha value is -0.570. The van der Waals surface area contributed by atoms with Crippen molar-refractivity contribution in [2.45, 2.75) is 45.1 Å². The first-order valence-electron chi connectivity index (χ1n) is 4.52. The fourth-order valence-corrected chi connectivity index (χ4v) is 1.34. The smallest absolute Gasteiger partial charge is 0.320 e. The largest absolute Gasteiger partial charge is 0.480 e. The average Bonchev–Trinajstić information content (AvgIpc) is 2.68. The van der Waals surface area contributed by atoms with Gasteiger partial charge in [-0.3, -0.25) is 4.79 Å². The highest BCUT2D eigenvalue weighted by Crippen LogP contribution is 2.49. The van der Waals surface area contributed by atoms with Crippen LogP contribution >= 0.6 is 0 Å². The number of nitrogens with two attached hydrogens (primary N) is 1. The van der Waals surface area contributed by atoms with E-state index in [0.717, 1.165) is 12.8 Å². The number of carboxylic acids is 1. The Labute approximate surface area is 72.9 Å². The Kier molecular flexibility index (Phi) is 2.73. The van der Waals surface area contributed by atoms with Crippen molar-refractivity contribution in [3.63, 3.8) is 0 Å². The van der Waals surface area contributed by atoms with Gasteiger partial charge in [0.25, 0.3) is 0 Å². The summed E-state index contributed by atoms with van der Waals surface area (Å²) in [6.07, 6.45) is 5.30. The van der Waals surface area contributed by atoms with E-state index in [1.807, 2.05) is 0 Å². The Morgan fingerprint density at radius 1 is 1.67 bits per heavy atom. The Morgan fingerprint density at radius 3 is 2.67 bits per heavy atom. The van der Waals surface area contributed by atoms with Crippen LogP contribution in [-0.2, 0) is 4.79 Å². The van der Waals surface area contributed by atoms with Crippen molar-refractivity contribution in [1.82, 2.24) is 0 Å². The third-order valence-corrected chi connectivity index (χ3v) is 2.72. The Morgan fingerprint density at radius 2 is 2.25 bits per heavy atom. The van der Waals surface area contributed by atoms with Crippen LogP contribution in [0.15, 0.2) is 0 Å². The number of hydrogen-bond acceptors (Lipinski definition) is 2. The average molecular weight is 171 g/mol. The second kappa shape index (κ2) is 3.44. The van der Waals surface area contributed by atoms with Crippen LogP contribution in [0.3, 0.4) is 0 Å². The second-order valence-corrected chi connectivity index (χ2v) is 4.15. The van der Waals surface area contributed by atoms with Gasteiger partial charge in [0.05, 0.1) is 0 Å². The van der Waals surface area contributed by atoms with E-state index in [-0.39, 0.29) is 0 Å². The zero-order valence-electron chi connectivity index (χ0n) is 7.55. The summed E-state index contributed by atoms with van der Waals surface area (Å²) in [4.78, 5) is 10.3. The van der Waals surface area contributed by atoms with Gasteiger partial charge < -0.3 is 10.8 Å². The molecule has 1 aliphatic carbocycles. The quantitative estimate of drug-likeness (QED) is 0.656. The van der Waals surface area contributed by atoms with Crippen molar-refractivity contribution in [1.29, 1.82) is 0 Å². The van der Waals surface area contributed by atoms with E-state index in [2.05, 4.69) is 6.92 Å². The molecule has 0 aromatic carbocycles. The van der Waals surface area contributed by atoms with E-state index in [4.69, 9.17) is 10.8 Å². The first-order valence-corrected chi connectivity index (χ1v) is 4.52. The summed E-state index contributed by atoms with van der Waals surface area (Å²) < 4.78 is 0. The van der Waals surface area contributed by atoms with Gasteiger partial charge in [0.2, 0.25) is 0 Å². The molecule has 0 aromatic heterocycles. The summed E-state index contributed by atoms with van der Waals surface area (Å²) in [5, 5.41) is 8.50. The molecule has 0 aromatic rings. The molecule has 1 rings (SSSR count). The van der Waals surface area contributed by atoms with Gasteiger partial charge in [0, 0.05) is 0 Å². The minimum absolute atomic E-state index is 0.526. The summed E-state index contributed by atoms with van der Waals surface area (Å²) in [6.45, 7) is 2.25. The zero-order chi connectivity index (χ0) is 9.19. The maximum atomic E-state index is 10.3. The van der Waals surface area contributed by atoms with Crippen LogP contribution in [0, 0.1) is 5.41 Å². The van der Waals surface area contributed by atoms with Gasteiger partial charge in [-0.15, -0.1) is 0 Å². The fraction of sp³-hybridized carbons (Fsp3) is 0.889. The molecule has 0 bridgehead atoms. The second-order valence-electron chi connectivity index (χ2n) is 4.15. The summed E-state index contributed by atoms with van der Waals surface area (Å²) in [5.41, 5.74) is 5.89. The highest BCUT2D eigenvalue weighted by molar-refractivity contribution is 5.72. The Bertz CT molecular complexity index is 175. The predicted octanol–water partition coefficient (Wildman–Crippen LogP) is 1.37. The third kappa shape index (κ3) is 2.81. The van der Waals surface area contributed by atoms with E-state index in [1.165, 1.54) is 12.8 Å². The lowest BCUT2D eigenvalue weighted by molar-refractivity contribution is -0.138. The first-order chi connectivity index (χ1) is 5.53. The van der Waals surface area contributed by atoms with Gasteiger partial charge in [0.1, 0.15) is 6.04 Å². The van der Waals surface area contributed by atoms with E-state index in [1.54, 1.807) is 0 Å². The molecule has 1 atom stereocenters. The van der Waals surface area contributed by atoms with Gasteiger partial charge in [0.15, 0.2) is 0 Å². The minimum atomic E-state index is -0.879. The summed E-state index contributed by atoms with van der Waals surface area (Å²) in [6, 6.07) is -0.660. The maximum Gasteiger partial charge on any atom is 0.320 e. The summed E-state index contributed by atoms with van der Waals surface area (Å²) >= 11 is 0. The normalized spacial score (nSPS) is 21.8. The van der Waals surface area contributed by atoms with Crippen molar-refractivity contribution >= 4 is 5.97 Å². The van der Waals surface area contributed by atoms with E-state index in [0.29, 0.717) is 11.8 Å². The molecule has 0 heterocycles. The molecule has 3 nitrogen and oxygen atoms in total. The monoisotopic (exact) mass is 171 g/mol. The van der Waals surface area contributed by atoms with Crippen LogP contribution in [0.25, 0.3) is 0 Å². The molecule has 1 aliphatic rings. The number of aliphatic carboxylic acids is 1. The van der Waals surface area contributed by atoms with Gasteiger partial charge in [-0.05, 0) is 31.1 Å². The molecular weight excluding hydrogens is 154 g/mol. The lowest BCUT2D eigenvalue weighted by Crippen LogP contribution is -2.29. The molecule has 0 unspecified atom stereocenters. The molecule has 70 valence electrons. The zero-order valence-corrected chi connectivity index (χ0v) is 7.55. The highest BCUT2D eigenvalue weighted by Gasteiger charge is 2.36.